The maximum absolute atomic E-state index is 3.75. The molecule has 0 nitrogen and oxygen atoms in total. The number of allylic oxidation sites excluding steroid dienone is 5. The van der Waals surface area contributed by atoms with E-state index in [-0.39, 0.29) is 0 Å². The first-order valence-electron chi connectivity index (χ1n) is 7.69. The molecule has 0 atom stereocenters. The van der Waals surface area contributed by atoms with Gasteiger partial charge in [0.25, 0.3) is 0 Å². The summed E-state index contributed by atoms with van der Waals surface area (Å²) in [6.07, 6.45) is 18.2. The van der Waals surface area contributed by atoms with Crippen molar-refractivity contribution in [1.82, 2.24) is 0 Å². The number of unbranched alkanes of at least 4 members (excludes halogenated alkanes) is 4. The van der Waals surface area contributed by atoms with Gasteiger partial charge in [0.15, 0.2) is 0 Å². The summed E-state index contributed by atoms with van der Waals surface area (Å²) in [5.41, 5.74) is 3.14. The Kier molecular flexibility index (Phi) is 12.1. The van der Waals surface area contributed by atoms with E-state index in [0.29, 0.717) is 0 Å². The predicted octanol–water partition coefficient (Wildman–Crippen LogP) is 6.60. The Bertz CT molecular complexity index is 249. The van der Waals surface area contributed by atoms with Crippen LogP contribution >= 0.6 is 0 Å². The third-order valence-electron chi connectivity index (χ3n) is 3.51. The average molecular weight is 248 g/mol. The van der Waals surface area contributed by atoms with Gasteiger partial charge in [0.1, 0.15) is 0 Å². The summed E-state index contributed by atoms with van der Waals surface area (Å²) in [5, 5.41) is 0. The van der Waals surface area contributed by atoms with E-state index in [9.17, 15) is 0 Å². The predicted molar refractivity (Wildman–Crippen MR) is 84.9 cm³/mol. The van der Waals surface area contributed by atoms with Crippen molar-refractivity contribution in [2.45, 2.75) is 78.6 Å². The van der Waals surface area contributed by atoms with Crippen LogP contribution in [0.25, 0.3) is 0 Å². The van der Waals surface area contributed by atoms with Crippen LogP contribution < -0.4 is 0 Å². The highest BCUT2D eigenvalue weighted by molar-refractivity contribution is 5.07. The fraction of sp³-hybridized carbons (Fsp3) is 0.667. The molecule has 0 radical (unpaired) electrons. The van der Waals surface area contributed by atoms with E-state index in [1.165, 1.54) is 51.4 Å². The Hall–Kier alpha value is -0.780. The molecule has 0 fully saturated rings. The van der Waals surface area contributed by atoms with E-state index < -0.39 is 0 Å². The fourth-order valence-corrected chi connectivity index (χ4v) is 2.11. The minimum atomic E-state index is 1.12. The highest BCUT2D eigenvalue weighted by Crippen LogP contribution is 2.13. The Morgan fingerprint density at radius 1 is 0.944 bits per heavy atom. The Morgan fingerprint density at radius 3 is 2.22 bits per heavy atom. The molecule has 0 aromatic carbocycles. The molecule has 0 heterocycles. The number of hydrogen-bond acceptors (Lipinski definition) is 0. The van der Waals surface area contributed by atoms with Crippen LogP contribution in [0.3, 0.4) is 0 Å². The molecule has 0 aliphatic heterocycles. The summed E-state index contributed by atoms with van der Waals surface area (Å²) in [5.74, 6) is 0. The van der Waals surface area contributed by atoms with Crippen LogP contribution in [-0.2, 0) is 0 Å². The second kappa shape index (κ2) is 12.7. The molecule has 0 bridgehead atoms. The van der Waals surface area contributed by atoms with E-state index in [2.05, 4.69) is 39.5 Å². The molecule has 0 N–H and O–H groups in total. The van der Waals surface area contributed by atoms with Crippen LogP contribution in [0.15, 0.2) is 36.0 Å². The van der Waals surface area contributed by atoms with E-state index in [1.807, 2.05) is 6.08 Å². The molecule has 0 rings (SSSR count). The summed E-state index contributed by atoms with van der Waals surface area (Å²) >= 11 is 0. The molecule has 0 saturated heterocycles. The number of hydrogen-bond donors (Lipinski definition) is 0. The zero-order valence-electron chi connectivity index (χ0n) is 12.8. The van der Waals surface area contributed by atoms with Gasteiger partial charge in [-0.3, -0.25) is 0 Å². The quantitative estimate of drug-likeness (QED) is 0.285. The SMILES string of the molecule is C=CCCCCCC/C(C)=C/CC=C(CC)CC. The van der Waals surface area contributed by atoms with Crippen molar-refractivity contribution in [3.05, 3.63) is 36.0 Å². The van der Waals surface area contributed by atoms with Crippen molar-refractivity contribution in [3.63, 3.8) is 0 Å². The van der Waals surface area contributed by atoms with Crippen LogP contribution in [0.5, 0.6) is 0 Å². The van der Waals surface area contributed by atoms with Gasteiger partial charge >= 0.3 is 0 Å². The standard InChI is InChI=1S/C18H32/c1-5-8-9-10-11-12-14-17(4)15-13-16-18(6-2)7-3/h5,15-16H,1,6-14H2,2-4H3/b17-15+. The zero-order valence-corrected chi connectivity index (χ0v) is 12.8. The highest BCUT2D eigenvalue weighted by atomic mass is 14.0. The molecule has 104 valence electrons. The minimum Gasteiger partial charge on any atom is -0.103 e. The lowest BCUT2D eigenvalue weighted by atomic mass is 10.0. The average Bonchev–Trinajstić information content (AvgIpc) is 2.39. The van der Waals surface area contributed by atoms with E-state index in [4.69, 9.17) is 0 Å². The second-order valence-electron chi connectivity index (χ2n) is 5.10. The van der Waals surface area contributed by atoms with Gasteiger partial charge in [-0.05, 0) is 51.9 Å². The summed E-state index contributed by atoms with van der Waals surface area (Å²) in [7, 11) is 0. The molecule has 0 aliphatic carbocycles. The molecule has 0 aliphatic rings. The van der Waals surface area contributed by atoms with E-state index >= 15 is 0 Å². The van der Waals surface area contributed by atoms with Crippen molar-refractivity contribution in [1.29, 1.82) is 0 Å². The minimum absolute atomic E-state index is 1.12. The maximum Gasteiger partial charge on any atom is -0.0164 e. The van der Waals surface area contributed by atoms with Crippen molar-refractivity contribution >= 4 is 0 Å². The smallest absolute Gasteiger partial charge is 0.0164 e. The van der Waals surface area contributed by atoms with Gasteiger partial charge in [0.05, 0.1) is 0 Å². The molecule has 0 aromatic heterocycles. The highest BCUT2D eigenvalue weighted by Gasteiger charge is 1.92. The Balaban J connectivity index is 3.65. The fourth-order valence-electron chi connectivity index (χ4n) is 2.11. The molecular formula is C18H32. The van der Waals surface area contributed by atoms with Gasteiger partial charge in [-0.25, -0.2) is 0 Å². The van der Waals surface area contributed by atoms with Crippen LogP contribution in [-0.4, -0.2) is 0 Å². The molecule has 18 heavy (non-hydrogen) atoms. The van der Waals surface area contributed by atoms with Crippen molar-refractivity contribution < 1.29 is 0 Å². The third kappa shape index (κ3) is 10.4. The molecule has 0 amide bonds. The second-order valence-corrected chi connectivity index (χ2v) is 5.10. The van der Waals surface area contributed by atoms with Gasteiger partial charge in [0, 0.05) is 0 Å². The Morgan fingerprint density at radius 2 is 1.61 bits per heavy atom. The number of rotatable bonds is 11. The van der Waals surface area contributed by atoms with Gasteiger partial charge in [-0.15, -0.1) is 6.58 Å². The third-order valence-corrected chi connectivity index (χ3v) is 3.51. The lowest BCUT2D eigenvalue weighted by Crippen LogP contribution is -1.82. The summed E-state index contributed by atoms with van der Waals surface area (Å²) in [6.45, 7) is 10.5. The monoisotopic (exact) mass is 248 g/mol. The van der Waals surface area contributed by atoms with Crippen molar-refractivity contribution in [2.24, 2.45) is 0 Å². The van der Waals surface area contributed by atoms with E-state index in [1.54, 1.807) is 11.1 Å². The van der Waals surface area contributed by atoms with Gasteiger partial charge < -0.3 is 0 Å². The van der Waals surface area contributed by atoms with Crippen molar-refractivity contribution in [3.8, 4) is 0 Å². The summed E-state index contributed by atoms with van der Waals surface area (Å²) in [6, 6.07) is 0. The normalized spacial score (nSPS) is 11.4. The van der Waals surface area contributed by atoms with Gasteiger partial charge in [0.2, 0.25) is 0 Å². The lowest BCUT2D eigenvalue weighted by Gasteiger charge is -2.02. The summed E-state index contributed by atoms with van der Waals surface area (Å²) in [4.78, 5) is 0. The first kappa shape index (κ1) is 17.2. The van der Waals surface area contributed by atoms with Crippen LogP contribution in [0.2, 0.25) is 0 Å². The Labute approximate surface area is 115 Å². The summed E-state index contributed by atoms with van der Waals surface area (Å²) < 4.78 is 0. The van der Waals surface area contributed by atoms with E-state index in [0.717, 1.165) is 6.42 Å². The van der Waals surface area contributed by atoms with Crippen LogP contribution in [0, 0.1) is 0 Å². The lowest BCUT2D eigenvalue weighted by molar-refractivity contribution is 0.644. The van der Waals surface area contributed by atoms with Gasteiger partial charge in [-0.1, -0.05) is 56.1 Å². The molecular weight excluding hydrogens is 216 g/mol. The van der Waals surface area contributed by atoms with Gasteiger partial charge in [-0.2, -0.15) is 0 Å². The maximum atomic E-state index is 3.75. The largest absolute Gasteiger partial charge is 0.103 e. The molecule has 0 spiro atoms. The van der Waals surface area contributed by atoms with Crippen LogP contribution in [0.1, 0.15) is 78.6 Å². The molecule has 0 unspecified atom stereocenters. The first-order valence-corrected chi connectivity index (χ1v) is 7.69. The molecule has 0 aromatic rings. The zero-order chi connectivity index (χ0) is 13.6. The topological polar surface area (TPSA) is 0 Å². The molecule has 0 saturated carbocycles. The molecule has 0 heteroatoms. The first-order chi connectivity index (χ1) is 8.74. The van der Waals surface area contributed by atoms with Crippen LogP contribution in [0.4, 0.5) is 0 Å². The van der Waals surface area contributed by atoms with Crippen molar-refractivity contribution in [2.75, 3.05) is 0 Å².